The Bertz CT molecular complexity index is 978. The number of carbonyl (C=O) groups excluding carboxylic acids is 1. The average Bonchev–Trinajstić information content (AvgIpc) is 2.79. The van der Waals surface area contributed by atoms with Crippen molar-refractivity contribution in [3.8, 4) is 5.75 Å². The molecule has 0 atom stereocenters. The van der Waals surface area contributed by atoms with Crippen LogP contribution in [0.1, 0.15) is 25.7 Å². The fraction of sp³-hybridized carbons (Fsp3) is 0.409. The average molecular weight is 485 g/mol. The Hall–Kier alpha value is -1.80. The zero-order valence-electron chi connectivity index (χ0n) is 17.1. The molecule has 0 aromatic heterocycles. The summed E-state index contributed by atoms with van der Waals surface area (Å²) in [5.41, 5.74) is 0. The first kappa shape index (κ1) is 23.9. The van der Waals surface area contributed by atoms with Crippen molar-refractivity contribution in [3.05, 3.63) is 58.6 Å². The standard InChI is InChI=1S/C22H26Cl2N2O4S/c23-19-8-4-9-20(22(19)24)30-15-5-10-21(27)25-16-17-11-13-26(14-12-17)31(28,29)18-6-2-1-3-7-18/h1-4,6-9,17H,5,10-16H2,(H,25,27). The lowest BCUT2D eigenvalue weighted by atomic mass is 9.98. The van der Waals surface area contributed by atoms with Crippen LogP contribution in [0.4, 0.5) is 0 Å². The van der Waals surface area contributed by atoms with Crippen molar-refractivity contribution in [2.45, 2.75) is 30.6 Å². The normalized spacial score (nSPS) is 15.5. The van der Waals surface area contributed by atoms with Gasteiger partial charge in [-0.15, -0.1) is 0 Å². The molecule has 0 saturated carbocycles. The minimum atomic E-state index is -3.45. The number of benzene rings is 2. The van der Waals surface area contributed by atoms with Gasteiger partial charge in [-0.1, -0.05) is 47.5 Å². The van der Waals surface area contributed by atoms with Gasteiger partial charge >= 0.3 is 0 Å². The van der Waals surface area contributed by atoms with Crippen LogP contribution in [0, 0.1) is 5.92 Å². The van der Waals surface area contributed by atoms with E-state index in [4.69, 9.17) is 27.9 Å². The molecule has 1 heterocycles. The quantitative estimate of drug-likeness (QED) is 0.536. The number of nitrogens with zero attached hydrogens (tertiary/aromatic N) is 1. The van der Waals surface area contributed by atoms with E-state index in [0.29, 0.717) is 59.8 Å². The Morgan fingerprint density at radius 3 is 2.48 bits per heavy atom. The van der Waals surface area contributed by atoms with Crippen LogP contribution in [0.5, 0.6) is 5.75 Å². The van der Waals surface area contributed by atoms with Gasteiger partial charge in [0.25, 0.3) is 0 Å². The summed E-state index contributed by atoms with van der Waals surface area (Å²) in [6.07, 6.45) is 2.35. The number of hydrogen-bond donors (Lipinski definition) is 1. The number of rotatable bonds is 9. The molecule has 0 radical (unpaired) electrons. The molecule has 1 N–H and O–H groups in total. The third-order valence-corrected chi connectivity index (χ3v) is 7.98. The molecule has 1 aliphatic heterocycles. The predicted octanol–water partition coefficient (Wildman–Crippen LogP) is 4.37. The van der Waals surface area contributed by atoms with Crippen molar-refractivity contribution in [1.29, 1.82) is 0 Å². The highest BCUT2D eigenvalue weighted by Crippen LogP contribution is 2.31. The molecule has 168 valence electrons. The van der Waals surface area contributed by atoms with Crippen molar-refractivity contribution >= 4 is 39.1 Å². The zero-order valence-corrected chi connectivity index (χ0v) is 19.4. The molecule has 0 spiro atoms. The van der Waals surface area contributed by atoms with Gasteiger partial charge in [-0.3, -0.25) is 4.79 Å². The van der Waals surface area contributed by atoms with Crippen molar-refractivity contribution in [2.24, 2.45) is 5.92 Å². The molecule has 0 bridgehead atoms. The number of piperidine rings is 1. The maximum atomic E-state index is 12.7. The lowest BCUT2D eigenvalue weighted by Gasteiger charge is -2.31. The number of sulfonamides is 1. The Morgan fingerprint density at radius 2 is 1.77 bits per heavy atom. The van der Waals surface area contributed by atoms with Gasteiger partial charge in [0.1, 0.15) is 10.8 Å². The van der Waals surface area contributed by atoms with Crippen LogP contribution in [0.25, 0.3) is 0 Å². The molecule has 1 aliphatic rings. The van der Waals surface area contributed by atoms with Crippen molar-refractivity contribution in [1.82, 2.24) is 9.62 Å². The molecule has 9 heteroatoms. The second-order valence-corrected chi connectivity index (χ2v) is 10.2. The molecule has 1 fully saturated rings. The van der Waals surface area contributed by atoms with Crippen LogP contribution in [-0.2, 0) is 14.8 Å². The van der Waals surface area contributed by atoms with E-state index in [1.54, 1.807) is 48.5 Å². The summed E-state index contributed by atoms with van der Waals surface area (Å²) in [5, 5.41) is 3.75. The highest BCUT2D eigenvalue weighted by molar-refractivity contribution is 7.89. The third kappa shape index (κ3) is 6.59. The summed E-state index contributed by atoms with van der Waals surface area (Å²) in [6.45, 7) is 1.85. The van der Waals surface area contributed by atoms with Gasteiger partial charge in [-0.25, -0.2) is 8.42 Å². The third-order valence-electron chi connectivity index (χ3n) is 5.26. The van der Waals surface area contributed by atoms with E-state index in [9.17, 15) is 13.2 Å². The number of carbonyl (C=O) groups is 1. The molecule has 2 aromatic rings. The molecular formula is C22H26Cl2N2O4S. The van der Waals surface area contributed by atoms with Crippen LogP contribution < -0.4 is 10.1 Å². The minimum Gasteiger partial charge on any atom is -0.492 e. The molecule has 0 unspecified atom stereocenters. The van der Waals surface area contributed by atoms with Crippen LogP contribution in [0.2, 0.25) is 10.0 Å². The van der Waals surface area contributed by atoms with Crippen LogP contribution in [0.15, 0.2) is 53.4 Å². The highest BCUT2D eigenvalue weighted by atomic mass is 35.5. The van der Waals surface area contributed by atoms with Crippen molar-refractivity contribution in [3.63, 3.8) is 0 Å². The van der Waals surface area contributed by atoms with E-state index in [0.717, 1.165) is 12.8 Å². The summed E-state index contributed by atoms with van der Waals surface area (Å²) in [5.74, 6) is 0.736. The maximum Gasteiger partial charge on any atom is 0.243 e. The number of ether oxygens (including phenoxy) is 1. The second-order valence-electron chi connectivity index (χ2n) is 7.47. The summed E-state index contributed by atoms with van der Waals surface area (Å²) >= 11 is 12.0. The number of nitrogens with one attached hydrogen (secondary N) is 1. The van der Waals surface area contributed by atoms with E-state index in [2.05, 4.69) is 5.32 Å². The SMILES string of the molecule is O=C(CCCOc1cccc(Cl)c1Cl)NCC1CCN(S(=O)(=O)c2ccccc2)CC1. The Morgan fingerprint density at radius 1 is 1.06 bits per heavy atom. The van der Waals surface area contributed by atoms with Crippen LogP contribution >= 0.6 is 23.2 Å². The fourth-order valence-electron chi connectivity index (χ4n) is 3.45. The van der Waals surface area contributed by atoms with E-state index >= 15 is 0 Å². The summed E-state index contributed by atoms with van der Waals surface area (Å²) < 4.78 is 32.5. The fourth-order valence-corrected chi connectivity index (χ4v) is 5.29. The van der Waals surface area contributed by atoms with Crippen molar-refractivity contribution in [2.75, 3.05) is 26.2 Å². The first-order chi connectivity index (χ1) is 14.9. The maximum absolute atomic E-state index is 12.7. The van der Waals surface area contributed by atoms with E-state index in [1.807, 2.05) is 0 Å². The summed E-state index contributed by atoms with van der Waals surface area (Å²) in [6, 6.07) is 13.7. The van der Waals surface area contributed by atoms with Crippen LogP contribution in [0.3, 0.4) is 0 Å². The largest absolute Gasteiger partial charge is 0.492 e. The van der Waals surface area contributed by atoms with E-state index in [-0.39, 0.29) is 11.8 Å². The van der Waals surface area contributed by atoms with Crippen LogP contribution in [-0.4, -0.2) is 44.9 Å². The Kier molecular flexibility index (Phi) is 8.60. The van der Waals surface area contributed by atoms with Crippen molar-refractivity contribution < 1.29 is 17.9 Å². The minimum absolute atomic E-state index is 0.0415. The Labute approximate surface area is 193 Å². The van der Waals surface area contributed by atoms with Gasteiger partial charge in [0.15, 0.2) is 0 Å². The molecule has 3 rings (SSSR count). The van der Waals surface area contributed by atoms with Gasteiger partial charge in [-0.2, -0.15) is 4.31 Å². The molecule has 2 aromatic carbocycles. The molecular weight excluding hydrogens is 459 g/mol. The van der Waals surface area contributed by atoms with Gasteiger partial charge in [0, 0.05) is 26.1 Å². The first-order valence-corrected chi connectivity index (χ1v) is 12.5. The van der Waals surface area contributed by atoms with Gasteiger partial charge < -0.3 is 10.1 Å². The summed E-state index contributed by atoms with van der Waals surface area (Å²) in [4.78, 5) is 12.4. The van der Waals surface area contributed by atoms with Gasteiger partial charge in [0.05, 0.1) is 16.5 Å². The predicted molar refractivity (Wildman–Crippen MR) is 122 cm³/mol. The molecule has 0 aliphatic carbocycles. The smallest absolute Gasteiger partial charge is 0.243 e. The lowest BCUT2D eigenvalue weighted by molar-refractivity contribution is -0.121. The zero-order chi connectivity index (χ0) is 22.3. The van der Waals surface area contributed by atoms with E-state index < -0.39 is 10.0 Å². The second kappa shape index (κ2) is 11.2. The lowest BCUT2D eigenvalue weighted by Crippen LogP contribution is -2.41. The Balaban J connectivity index is 1.34. The van der Waals surface area contributed by atoms with E-state index in [1.165, 1.54) is 4.31 Å². The monoisotopic (exact) mass is 484 g/mol. The molecule has 6 nitrogen and oxygen atoms in total. The number of amides is 1. The molecule has 1 amide bonds. The highest BCUT2D eigenvalue weighted by Gasteiger charge is 2.29. The first-order valence-electron chi connectivity index (χ1n) is 10.3. The molecule has 1 saturated heterocycles. The van der Waals surface area contributed by atoms with Gasteiger partial charge in [0.2, 0.25) is 15.9 Å². The molecule has 31 heavy (non-hydrogen) atoms. The topological polar surface area (TPSA) is 75.7 Å². The number of hydrogen-bond acceptors (Lipinski definition) is 4. The summed E-state index contributed by atoms with van der Waals surface area (Å²) in [7, 11) is -3.45. The van der Waals surface area contributed by atoms with Gasteiger partial charge in [-0.05, 0) is 49.4 Å². The number of halogens is 2.